The highest BCUT2D eigenvalue weighted by Crippen LogP contribution is 2.34. The second-order valence-electron chi connectivity index (χ2n) is 5.68. The smallest absolute Gasteiger partial charge is 0.251 e. The number of fused-ring (bicyclic) bond motifs is 1. The van der Waals surface area contributed by atoms with Crippen molar-refractivity contribution in [2.45, 2.75) is 13.0 Å². The first-order valence-corrected chi connectivity index (χ1v) is 7.85. The van der Waals surface area contributed by atoms with Crippen LogP contribution >= 0.6 is 0 Å². The lowest BCUT2D eigenvalue weighted by atomic mass is 10.1. The number of carbonyl (C=O) groups excluding carboxylic acids is 1. The molecule has 25 heavy (non-hydrogen) atoms. The van der Waals surface area contributed by atoms with Gasteiger partial charge in [-0.25, -0.2) is 9.97 Å². The Morgan fingerprint density at radius 1 is 1.20 bits per heavy atom. The molecule has 0 saturated carbocycles. The van der Waals surface area contributed by atoms with Crippen molar-refractivity contribution in [1.29, 1.82) is 0 Å². The monoisotopic (exact) mass is 336 g/mol. The molecule has 0 aliphatic carbocycles. The van der Waals surface area contributed by atoms with Crippen LogP contribution in [0.25, 0.3) is 5.82 Å². The summed E-state index contributed by atoms with van der Waals surface area (Å²) in [5.74, 6) is 1.89. The minimum absolute atomic E-state index is 0.172. The van der Waals surface area contributed by atoms with E-state index in [9.17, 15) is 4.79 Å². The zero-order valence-corrected chi connectivity index (χ0v) is 13.5. The molecule has 0 radical (unpaired) electrons. The van der Waals surface area contributed by atoms with E-state index in [2.05, 4.69) is 15.3 Å². The van der Waals surface area contributed by atoms with Crippen molar-refractivity contribution in [2.75, 3.05) is 6.79 Å². The number of ether oxygens (including phenoxy) is 2. The lowest BCUT2D eigenvalue weighted by Gasteiger charge is -2.15. The number of carbonyl (C=O) groups is 1. The minimum Gasteiger partial charge on any atom is -0.454 e. The Morgan fingerprint density at radius 3 is 2.92 bits per heavy atom. The molecule has 0 saturated heterocycles. The van der Waals surface area contributed by atoms with E-state index < -0.39 is 0 Å². The number of nitrogens with one attached hydrogen (secondary N) is 1. The van der Waals surface area contributed by atoms with E-state index in [1.54, 1.807) is 41.6 Å². The topological polar surface area (TPSA) is 78.3 Å². The van der Waals surface area contributed by atoms with Gasteiger partial charge in [-0.05, 0) is 36.8 Å². The zero-order chi connectivity index (χ0) is 17.2. The number of rotatable bonds is 4. The molecule has 1 unspecified atom stereocenters. The molecule has 7 heteroatoms. The van der Waals surface area contributed by atoms with Crippen LogP contribution in [-0.4, -0.2) is 27.2 Å². The molecular weight excluding hydrogens is 320 g/mol. The molecule has 0 bridgehead atoms. The second kappa shape index (κ2) is 6.27. The molecule has 0 spiro atoms. The van der Waals surface area contributed by atoms with Crippen molar-refractivity contribution in [3.63, 3.8) is 0 Å². The van der Waals surface area contributed by atoms with Crippen LogP contribution in [0.3, 0.4) is 0 Å². The highest BCUT2D eigenvalue weighted by Gasteiger charge is 2.17. The quantitative estimate of drug-likeness (QED) is 0.792. The zero-order valence-electron chi connectivity index (χ0n) is 13.5. The number of nitrogens with zero attached hydrogens (tertiary/aromatic N) is 3. The summed E-state index contributed by atoms with van der Waals surface area (Å²) < 4.78 is 12.4. The van der Waals surface area contributed by atoms with Crippen LogP contribution in [0.2, 0.25) is 0 Å². The number of imidazole rings is 1. The SMILES string of the molecule is CC(NC(=O)c1ccnc(-n2ccnc2)c1)c1ccc2c(c1)OCO2. The Morgan fingerprint density at radius 2 is 2.08 bits per heavy atom. The van der Waals surface area contributed by atoms with Crippen molar-refractivity contribution < 1.29 is 14.3 Å². The molecule has 1 N–H and O–H groups in total. The predicted octanol–water partition coefficient (Wildman–Crippen LogP) is 2.49. The van der Waals surface area contributed by atoms with Gasteiger partial charge in [0.25, 0.3) is 5.91 Å². The number of amides is 1. The molecule has 3 aromatic rings. The molecule has 1 aromatic carbocycles. The average Bonchev–Trinajstić information content (AvgIpc) is 3.32. The van der Waals surface area contributed by atoms with E-state index in [0.29, 0.717) is 17.1 Å². The summed E-state index contributed by atoms with van der Waals surface area (Å²) in [6.07, 6.45) is 6.68. The van der Waals surface area contributed by atoms with Gasteiger partial charge >= 0.3 is 0 Å². The maximum Gasteiger partial charge on any atom is 0.251 e. The maximum absolute atomic E-state index is 12.6. The molecule has 1 amide bonds. The summed E-state index contributed by atoms with van der Waals surface area (Å²) in [4.78, 5) is 20.8. The van der Waals surface area contributed by atoms with E-state index in [-0.39, 0.29) is 18.7 Å². The van der Waals surface area contributed by atoms with Crippen molar-refractivity contribution >= 4 is 5.91 Å². The lowest BCUT2D eigenvalue weighted by molar-refractivity contribution is 0.0939. The summed E-state index contributed by atoms with van der Waals surface area (Å²) >= 11 is 0. The van der Waals surface area contributed by atoms with Gasteiger partial charge < -0.3 is 14.8 Å². The molecule has 7 nitrogen and oxygen atoms in total. The van der Waals surface area contributed by atoms with E-state index in [0.717, 1.165) is 11.3 Å². The molecule has 3 heterocycles. The van der Waals surface area contributed by atoms with Crippen molar-refractivity contribution in [1.82, 2.24) is 19.9 Å². The van der Waals surface area contributed by atoms with Crippen LogP contribution in [0.4, 0.5) is 0 Å². The average molecular weight is 336 g/mol. The van der Waals surface area contributed by atoms with Gasteiger partial charge in [0, 0.05) is 24.2 Å². The predicted molar refractivity (Wildman–Crippen MR) is 89.8 cm³/mol. The molecule has 1 aliphatic rings. The Bertz CT molecular complexity index is 908. The van der Waals surface area contributed by atoms with Crippen LogP contribution in [0.15, 0.2) is 55.2 Å². The van der Waals surface area contributed by atoms with Gasteiger partial charge in [-0.1, -0.05) is 6.07 Å². The Hall–Kier alpha value is -3.35. The summed E-state index contributed by atoms with van der Waals surface area (Å²) in [5, 5.41) is 2.99. The standard InChI is InChI=1S/C18H16N4O3/c1-12(13-2-3-15-16(8-13)25-11-24-15)21-18(23)14-4-5-20-17(9-14)22-7-6-19-10-22/h2-10,12H,11H2,1H3,(H,21,23). The number of hydrogen-bond acceptors (Lipinski definition) is 5. The lowest BCUT2D eigenvalue weighted by Crippen LogP contribution is -2.26. The third-order valence-corrected chi connectivity index (χ3v) is 4.02. The van der Waals surface area contributed by atoms with Crippen LogP contribution < -0.4 is 14.8 Å². The molecule has 1 aliphatic heterocycles. The minimum atomic E-state index is -0.174. The molecule has 4 rings (SSSR count). The van der Waals surface area contributed by atoms with Crippen LogP contribution in [0, 0.1) is 0 Å². The van der Waals surface area contributed by atoms with E-state index >= 15 is 0 Å². The third-order valence-electron chi connectivity index (χ3n) is 4.02. The molecule has 2 aromatic heterocycles. The third kappa shape index (κ3) is 3.03. The van der Waals surface area contributed by atoms with Gasteiger partial charge in [0.15, 0.2) is 11.5 Å². The Balaban J connectivity index is 1.51. The fraction of sp³-hybridized carbons (Fsp3) is 0.167. The highest BCUT2D eigenvalue weighted by atomic mass is 16.7. The van der Waals surface area contributed by atoms with E-state index in [1.165, 1.54) is 0 Å². The van der Waals surface area contributed by atoms with Gasteiger partial charge in [-0.15, -0.1) is 0 Å². The first-order valence-electron chi connectivity index (χ1n) is 7.85. The van der Waals surface area contributed by atoms with E-state index in [4.69, 9.17) is 9.47 Å². The van der Waals surface area contributed by atoms with Gasteiger partial charge in [-0.2, -0.15) is 0 Å². The fourth-order valence-electron chi connectivity index (χ4n) is 2.64. The summed E-state index contributed by atoms with van der Waals surface area (Å²) in [7, 11) is 0. The van der Waals surface area contributed by atoms with E-state index in [1.807, 2.05) is 25.1 Å². The van der Waals surface area contributed by atoms with Gasteiger partial charge in [0.05, 0.1) is 6.04 Å². The number of hydrogen-bond donors (Lipinski definition) is 1. The summed E-state index contributed by atoms with van der Waals surface area (Å²) in [6.45, 7) is 2.15. The number of benzene rings is 1. The van der Waals surface area contributed by atoms with Crippen LogP contribution in [0.5, 0.6) is 11.5 Å². The first kappa shape index (κ1) is 15.2. The van der Waals surface area contributed by atoms with Crippen LogP contribution in [0.1, 0.15) is 28.9 Å². The Kier molecular flexibility index (Phi) is 3.81. The highest BCUT2D eigenvalue weighted by molar-refractivity contribution is 5.94. The fourth-order valence-corrected chi connectivity index (χ4v) is 2.64. The molecular formula is C18H16N4O3. The normalized spacial score (nSPS) is 13.5. The van der Waals surface area contributed by atoms with Crippen molar-refractivity contribution in [3.8, 4) is 17.3 Å². The number of pyridine rings is 1. The number of aromatic nitrogens is 3. The van der Waals surface area contributed by atoms with Gasteiger partial charge in [-0.3, -0.25) is 9.36 Å². The summed E-state index contributed by atoms with van der Waals surface area (Å²) in [5.41, 5.74) is 1.48. The largest absolute Gasteiger partial charge is 0.454 e. The van der Waals surface area contributed by atoms with Gasteiger partial charge in [0.1, 0.15) is 12.1 Å². The second-order valence-corrected chi connectivity index (χ2v) is 5.68. The molecule has 126 valence electrons. The Labute approximate surface area is 144 Å². The first-order chi connectivity index (χ1) is 12.2. The molecule has 1 atom stereocenters. The van der Waals surface area contributed by atoms with Crippen molar-refractivity contribution in [3.05, 3.63) is 66.4 Å². The summed E-state index contributed by atoms with van der Waals surface area (Å²) in [6, 6.07) is 8.89. The van der Waals surface area contributed by atoms with Crippen molar-refractivity contribution in [2.24, 2.45) is 0 Å². The molecule has 0 fully saturated rings. The van der Waals surface area contributed by atoms with Gasteiger partial charge in [0.2, 0.25) is 6.79 Å². The van der Waals surface area contributed by atoms with Crippen LogP contribution in [-0.2, 0) is 0 Å². The maximum atomic E-state index is 12.6.